The number of epoxide rings is 1. The van der Waals surface area contributed by atoms with E-state index in [1.807, 2.05) is 6.92 Å². The Labute approximate surface area is 192 Å². The fraction of sp³-hybridized carbons (Fsp3) is 0.833. The number of aliphatic hydroxyl groups is 2. The van der Waals surface area contributed by atoms with Crippen molar-refractivity contribution in [3.63, 3.8) is 0 Å². The summed E-state index contributed by atoms with van der Waals surface area (Å²) in [6.07, 6.45) is 1.60. The summed E-state index contributed by atoms with van der Waals surface area (Å²) in [6, 6.07) is 0. The van der Waals surface area contributed by atoms with Gasteiger partial charge in [-0.25, -0.2) is 4.39 Å². The van der Waals surface area contributed by atoms with Crippen LogP contribution in [0.5, 0.6) is 0 Å². The Morgan fingerprint density at radius 3 is 2.72 bits per heavy atom. The molecule has 1 aliphatic heterocycles. The van der Waals surface area contributed by atoms with E-state index in [2.05, 4.69) is 0 Å². The highest BCUT2D eigenvalue weighted by Crippen LogP contribution is 2.71. The molecular formula is C24H32ClFO6. The van der Waals surface area contributed by atoms with Crippen molar-refractivity contribution < 1.29 is 33.7 Å². The number of carbonyl (C=O) groups is 2. The molecule has 0 spiro atoms. The van der Waals surface area contributed by atoms with E-state index >= 15 is 4.39 Å². The Hall–Kier alpha value is -0.860. The number of fused-ring (bicyclic) bond motifs is 5. The lowest BCUT2D eigenvalue weighted by Gasteiger charge is -2.64. The summed E-state index contributed by atoms with van der Waals surface area (Å²) in [5.41, 5.74) is -2.85. The first-order chi connectivity index (χ1) is 15.0. The molecule has 4 aliphatic carbocycles. The SMILES string of the molecule is C[C@]12CCC(=O)C=C1CC[C@H]1[C@@H]3C[C@@H](OCC4CO4)[C@](O)(C(=O)CO)[C@@]3(C)C[C@H](F)C12Cl. The monoisotopic (exact) mass is 470 g/mol. The average molecular weight is 471 g/mol. The lowest BCUT2D eigenvalue weighted by Crippen LogP contribution is -2.69. The van der Waals surface area contributed by atoms with Crippen LogP contribution in [0.4, 0.5) is 4.39 Å². The number of aliphatic hydroxyl groups excluding tert-OH is 1. The minimum Gasteiger partial charge on any atom is -0.388 e. The Morgan fingerprint density at radius 1 is 1.34 bits per heavy atom. The molecule has 0 aromatic carbocycles. The van der Waals surface area contributed by atoms with E-state index in [1.54, 1.807) is 13.0 Å². The quantitative estimate of drug-likeness (QED) is 0.473. The van der Waals surface area contributed by atoms with Gasteiger partial charge >= 0.3 is 0 Å². The van der Waals surface area contributed by atoms with Gasteiger partial charge in [0.05, 0.1) is 24.2 Å². The molecule has 8 heteroatoms. The first-order valence-electron chi connectivity index (χ1n) is 11.7. The molecule has 178 valence electrons. The van der Waals surface area contributed by atoms with Crippen LogP contribution < -0.4 is 0 Å². The molecule has 2 N–H and O–H groups in total. The molecule has 0 amide bonds. The van der Waals surface area contributed by atoms with Crippen molar-refractivity contribution in [2.45, 2.75) is 81.2 Å². The smallest absolute Gasteiger partial charge is 0.192 e. The number of Topliss-reactive ketones (excluding diaryl/α,β-unsaturated/α-hetero) is 1. The number of alkyl halides is 2. The minimum atomic E-state index is -2.00. The zero-order valence-electron chi connectivity index (χ0n) is 18.6. The van der Waals surface area contributed by atoms with Crippen LogP contribution in [0.15, 0.2) is 11.6 Å². The van der Waals surface area contributed by atoms with Crippen molar-refractivity contribution in [1.29, 1.82) is 0 Å². The van der Waals surface area contributed by atoms with Crippen LogP contribution in [-0.2, 0) is 19.1 Å². The number of allylic oxidation sites excluding steroid dienone is 1. The van der Waals surface area contributed by atoms with Gasteiger partial charge in [0.2, 0.25) is 0 Å². The standard InChI is InChI=1S/C24H32ClFO6/c1-21-6-5-14(28)7-13(21)3-4-16-17-8-20(32-12-15-11-31-15)24(30,19(29)10-27)22(17,2)9-18(26)23(16,21)25/h7,15-18,20,27,30H,3-6,8-12H2,1-2H3/t15?,16-,17-,18-,20+,21-,22-,23?,24+/m0/s1. The second-order valence-corrected chi connectivity index (χ2v) is 11.6. The van der Waals surface area contributed by atoms with E-state index in [0.717, 1.165) is 5.57 Å². The summed E-state index contributed by atoms with van der Waals surface area (Å²) in [6.45, 7) is 3.71. The molecule has 0 radical (unpaired) electrons. The van der Waals surface area contributed by atoms with Gasteiger partial charge in [0.15, 0.2) is 17.2 Å². The van der Waals surface area contributed by atoms with Crippen LogP contribution >= 0.6 is 11.6 Å². The van der Waals surface area contributed by atoms with Gasteiger partial charge in [-0.2, -0.15) is 0 Å². The summed E-state index contributed by atoms with van der Waals surface area (Å²) in [5.74, 6) is -1.22. The third-order valence-electron chi connectivity index (χ3n) is 9.65. The van der Waals surface area contributed by atoms with Crippen LogP contribution in [0.2, 0.25) is 0 Å². The molecule has 3 saturated carbocycles. The summed E-state index contributed by atoms with van der Waals surface area (Å²) in [7, 11) is 0. The fourth-order valence-corrected chi connectivity index (χ4v) is 8.24. The highest BCUT2D eigenvalue weighted by atomic mass is 35.5. The predicted molar refractivity (Wildman–Crippen MR) is 114 cm³/mol. The van der Waals surface area contributed by atoms with E-state index in [-0.39, 0.29) is 36.8 Å². The first-order valence-corrected chi connectivity index (χ1v) is 12.1. The Kier molecular flexibility index (Phi) is 5.24. The van der Waals surface area contributed by atoms with E-state index in [1.165, 1.54) is 0 Å². The van der Waals surface area contributed by atoms with Crippen molar-refractivity contribution >= 4 is 23.2 Å². The first kappa shape index (κ1) is 22.9. The largest absolute Gasteiger partial charge is 0.388 e. The van der Waals surface area contributed by atoms with E-state index in [4.69, 9.17) is 21.1 Å². The maximum absolute atomic E-state index is 16.3. The number of carbonyl (C=O) groups excluding carboxylic acids is 2. The van der Waals surface area contributed by atoms with Gasteiger partial charge in [0, 0.05) is 17.3 Å². The van der Waals surface area contributed by atoms with Crippen LogP contribution in [0.25, 0.3) is 0 Å². The molecule has 1 heterocycles. The Morgan fingerprint density at radius 2 is 2.06 bits per heavy atom. The maximum Gasteiger partial charge on any atom is 0.192 e. The third kappa shape index (κ3) is 2.78. The van der Waals surface area contributed by atoms with Gasteiger partial charge in [-0.1, -0.05) is 19.4 Å². The van der Waals surface area contributed by atoms with Gasteiger partial charge in [0.25, 0.3) is 0 Å². The minimum absolute atomic E-state index is 0.0546. The highest BCUT2D eigenvalue weighted by Gasteiger charge is 2.76. The molecule has 9 atom stereocenters. The van der Waals surface area contributed by atoms with E-state index < -0.39 is 46.0 Å². The summed E-state index contributed by atoms with van der Waals surface area (Å²) >= 11 is 7.31. The predicted octanol–water partition coefficient (Wildman–Crippen LogP) is 2.51. The molecule has 32 heavy (non-hydrogen) atoms. The molecule has 0 aromatic rings. The van der Waals surface area contributed by atoms with Crippen molar-refractivity contribution in [1.82, 2.24) is 0 Å². The third-order valence-corrected chi connectivity index (χ3v) is 10.6. The van der Waals surface area contributed by atoms with Crippen LogP contribution in [0.1, 0.15) is 52.4 Å². The summed E-state index contributed by atoms with van der Waals surface area (Å²) in [5, 5.41) is 21.5. The Bertz CT molecular complexity index is 875. The fourth-order valence-electron chi connectivity index (χ4n) is 7.69. The van der Waals surface area contributed by atoms with Gasteiger partial charge in [-0.15, -0.1) is 11.6 Å². The number of hydrogen-bond donors (Lipinski definition) is 2. The number of halogens is 2. The lowest BCUT2D eigenvalue weighted by molar-refractivity contribution is -0.189. The van der Waals surface area contributed by atoms with Crippen molar-refractivity contribution in [3.05, 3.63) is 11.6 Å². The van der Waals surface area contributed by atoms with E-state index in [0.29, 0.717) is 38.7 Å². The molecule has 2 unspecified atom stereocenters. The number of rotatable bonds is 5. The molecule has 6 nitrogen and oxygen atoms in total. The number of hydrogen-bond acceptors (Lipinski definition) is 6. The van der Waals surface area contributed by atoms with Crippen LogP contribution in [0.3, 0.4) is 0 Å². The zero-order chi connectivity index (χ0) is 23.1. The molecule has 5 rings (SSSR count). The summed E-state index contributed by atoms with van der Waals surface area (Å²) in [4.78, 5) is 23.8. The highest BCUT2D eigenvalue weighted by molar-refractivity contribution is 6.26. The summed E-state index contributed by atoms with van der Waals surface area (Å²) < 4.78 is 27.5. The number of ether oxygens (including phenoxy) is 2. The average Bonchev–Trinajstić information content (AvgIpc) is 3.55. The molecule has 0 aromatic heterocycles. The molecule has 5 aliphatic rings. The molecule has 1 saturated heterocycles. The number of ketones is 2. The van der Waals surface area contributed by atoms with E-state index in [9.17, 15) is 19.8 Å². The van der Waals surface area contributed by atoms with Gasteiger partial charge in [-0.3, -0.25) is 9.59 Å². The van der Waals surface area contributed by atoms with Crippen molar-refractivity contribution in [2.24, 2.45) is 22.7 Å². The van der Waals surface area contributed by atoms with Gasteiger partial charge in [-0.05, 0) is 50.0 Å². The van der Waals surface area contributed by atoms with Crippen LogP contribution in [0, 0.1) is 22.7 Å². The maximum atomic E-state index is 16.3. The van der Waals surface area contributed by atoms with Gasteiger partial charge < -0.3 is 19.7 Å². The lowest BCUT2D eigenvalue weighted by atomic mass is 9.45. The second-order valence-electron chi connectivity index (χ2n) is 10.9. The molecule has 4 fully saturated rings. The molecular weight excluding hydrogens is 439 g/mol. The Balaban J connectivity index is 1.56. The normalized spacial score (nSPS) is 52.0. The van der Waals surface area contributed by atoms with Gasteiger partial charge in [0.1, 0.15) is 18.9 Å². The molecule has 0 bridgehead atoms. The topological polar surface area (TPSA) is 96.4 Å². The second kappa shape index (κ2) is 7.32. The van der Waals surface area contributed by atoms with Crippen molar-refractivity contribution in [3.8, 4) is 0 Å². The van der Waals surface area contributed by atoms with Crippen molar-refractivity contribution in [2.75, 3.05) is 19.8 Å². The zero-order valence-corrected chi connectivity index (χ0v) is 19.4. The van der Waals surface area contributed by atoms with Crippen LogP contribution in [-0.4, -0.2) is 70.5 Å².